The Morgan fingerprint density at radius 3 is 2.70 bits per heavy atom. The van der Waals surface area contributed by atoms with Gasteiger partial charge in [0, 0.05) is 31.9 Å². The van der Waals surface area contributed by atoms with Crippen molar-refractivity contribution in [2.75, 3.05) is 13.1 Å². The summed E-state index contributed by atoms with van der Waals surface area (Å²) in [5, 5.41) is 3.42. The Kier molecular flexibility index (Phi) is 4.69. The average molecular weight is 273 g/mol. The number of nitrogens with one attached hydrogen (secondary N) is 1. The standard InChI is InChI=1S/C17H27N3/c1-2-9-18-10-15-5-6-16(19-11-15)13-20(17-7-8-17)12-14-3-4-14/h5-6,11,14,17-18H,2-4,7-10,12-13H2,1H3. The van der Waals surface area contributed by atoms with Crippen molar-refractivity contribution in [2.24, 2.45) is 5.92 Å². The lowest BCUT2D eigenvalue weighted by Crippen LogP contribution is -2.28. The minimum atomic E-state index is 0.850. The highest BCUT2D eigenvalue weighted by Crippen LogP contribution is 2.35. The Morgan fingerprint density at radius 2 is 2.10 bits per heavy atom. The molecule has 3 heteroatoms. The van der Waals surface area contributed by atoms with Crippen LogP contribution in [0.25, 0.3) is 0 Å². The van der Waals surface area contributed by atoms with Crippen molar-refractivity contribution >= 4 is 0 Å². The van der Waals surface area contributed by atoms with Crippen molar-refractivity contribution in [3.8, 4) is 0 Å². The first-order valence-electron chi connectivity index (χ1n) is 8.23. The predicted octanol–water partition coefficient (Wildman–Crippen LogP) is 2.96. The fourth-order valence-electron chi connectivity index (χ4n) is 2.69. The highest BCUT2D eigenvalue weighted by atomic mass is 15.2. The van der Waals surface area contributed by atoms with Crippen LogP contribution in [0.2, 0.25) is 0 Å². The lowest BCUT2D eigenvalue weighted by Gasteiger charge is -2.21. The van der Waals surface area contributed by atoms with Crippen molar-refractivity contribution in [3.05, 3.63) is 29.6 Å². The lowest BCUT2D eigenvalue weighted by atomic mass is 10.2. The Hall–Kier alpha value is -0.930. The molecular weight excluding hydrogens is 246 g/mol. The van der Waals surface area contributed by atoms with Gasteiger partial charge in [-0.15, -0.1) is 0 Å². The monoisotopic (exact) mass is 273 g/mol. The van der Waals surface area contributed by atoms with Crippen LogP contribution in [0.1, 0.15) is 50.3 Å². The molecule has 0 aliphatic heterocycles. The first kappa shape index (κ1) is 14.0. The second kappa shape index (κ2) is 6.68. The second-order valence-corrected chi connectivity index (χ2v) is 6.44. The third-order valence-electron chi connectivity index (χ3n) is 4.26. The molecule has 0 atom stereocenters. The van der Waals surface area contributed by atoms with Gasteiger partial charge in [-0.05, 0) is 56.2 Å². The van der Waals surface area contributed by atoms with Gasteiger partial charge in [-0.1, -0.05) is 13.0 Å². The van der Waals surface area contributed by atoms with Gasteiger partial charge in [-0.25, -0.2) is 0 Å². The third kappa shape index (κ3) is 4.29. The molecule has 0 radical (unpaired) electrons. The van der Waals surface area contributed by atoms with E-state index in [0.717, 1.165) is 31.6 Å². The lowest BCUT2D eigenvalue weighted by molar-refractivity contribution is 0.241. The van der Waals surface area contributed by atoms with E-state index in [9.17, 15) is 0 Å². The molecule has 2 aliphatic rings. The molecule has 1 N–H and O–H groups in total. The van der Waals surface area contributed by atoms with Crippen molar-refractivity contribution in [1.29, 1.82) is 0 Å². The van der Waals surface area contributed by atoms with Gasteiger partial charge in [0.05, 0.1) is 5.69 Å². The number of pyridine rings is 1. The zero-order valence-corrected chi connectivity index (χ0v) is 12.6. The number of rotatable bonds is 9. The predicted molar refractivity (Wildman–Crippen MR) is 82.4 cm³/mol. The second-order valence-electron chi connectivity index (χ2n) is 6.44. The van der Waals surface area contributed by atoms with Gasteiger partial charge in [0.15, 0.2) is 0 Å². The summed E-state index contributed by atoms with van der Waals surface area (Å²) in [6, 6.07) is 5.29. The molecule has 3 rings (SSSR count). The van der Waals surface area contributed by atoms with Gasteiger partial charge < -0.3 is 5.32 Å². The minimum Gasteiger partial charge on any atom is -0.313 e. The quantitative estimate of drug-likeness (QED) is 0.701. The average Bonchev–Trinajstić information content (AvgIpc) is 3.34. The van der Waals surface area contributed by atoms with Crippen molar-refractivity contribution in [3.63, 3.8) is 0 Å². The van der Waals surface area contributed by atoms with Crippen molar-refractivity contribution < 1.29 is 0 Å². The van der Waals surface area contributed by atoms with Gasteiger partial charge >= 0.3 is 0 Å². The summed E-state index contributed by atoms with van der Waals surface area (Å²) in [6.07, 6.45) is 8.90. The molecule has 1 aromatic heterocycles. The van der Waals surface area contributed by atoms with E-state index < -0.39 is 0 Å². The Bertz CT molecular complexity index is 407. The first-order chi connectivity index (χ1) is 9.85. The Balaban J connectivity index is 1.50. The summed E-state index contributed by atoms with van der Waals surface area (Å²) in [4.78, 5) is 7.32. The highest BCUT2D eigenvalue weighted by molar-refractivity contribution is 5.14. The molecule has 0 bridgehead atoms. The van der Waals surface area contributed by atoms with Crippen molar-refractivity contribution in [2.45, 2.75) is 58.2 Å². The van der Waals surface area contributed by atoms with Gasteiger partial charge in [0.1, 0.15) is 0 Å². The zero-order chi connectivity index (χ0) is 13.8. The molecule has 20 heavy (non-hydrogen) atoms. The minimum absolute atomic E-state index is 0.850. The molecule has 0 amide bonds. The molecule has 0 unspecified atom stereocenters. The summed E-state index contributed by atoms with van der Waals surface area (Å²) < 4.78 is 0. The molecule has 2 fully saturated rings. The molecule has 2 aliphatic carbocycles. The number of nitrogens with zero attached hydrogens (tertiary/aromatic N) is 2. The Labute approximate surface area is 122 Å². The van der Waals surface area contributed by atoms with E-state index in [1.807, 2.05) is 6.20 Å². The SMILES string of the molecule is CCCNCc1ccc(CN(CC2CC2)C2CC2)nc1. The highest BCUT2D eigenvalue weighted by Gasteiger charge is 2.33. The summed E-state index contributed by atoms with van der Waals surface area (Å²) in [6.45, 7) is 6.56. The van der Waals surface area contributed by atoms with Gasteiger partial charge in [0.25, 0.3) is 0 Å². The van der Waals surface area contributed by atoms with Gasteiger partial charge in [-0.2, -0.15) is 0 Å². The van der Waals surface area contributed by atoms with Crippen LogP contribution < -0.4 is 5.32 Å². The molecule has 0 saturated heterocycles. The van der Waals surface area contributed by atoms with Crippen LogP contribution in [-0.2, 0) is 13.1 Å². The maximum Gasteiger partial charge on any atom is 0.0544 e. The van der Waals surface area contributed by atoms with Crippen LogP contribution in [0.3, 0.4) is 0 Å². The fourth-order valence-corrected chi connectivity index (χ4v) is 2.69. The molecular formula is C17H27N3. The van der Waals surface area contributed by atoms with Crippen LogP contribution in [0.5, 0.6) is 0 Å². The normalized spacial score (nSPS) is 18.7. The van der Waals surface area contributed by atoms with E-state index in [1.54, 1.807) is 0 Å². The number of hydrogen-bond acceptors (Lipinski definition) is 3. The summed E-state index contributed by atoms with van der Waals surface area (Å²) in [5.41, 5.74) is 2.53. The number of hydrogen-bond donors (Lipinski definition) is 1. The van der Waals surface area contributed by atoms with Gasteiger partial charge in [-0.3, -0.25) is 9.88 Å². The molecule has 2 saturated carbocycles. The Morgan fingerprint density at radius 1 is 1.25 bits per heavy atom. The molecule has 0 aromatic carbocycles. The van der Waals surface area contributed by atoms with E-state index >= 15 is 0 Å². The van der Waals surface area contributed by atoms with Gasteiger partial charge in [0.2, 0.25) is 0 Å². The van der Waals surface area contributed by atoms with E-state index in [1.165, 1.54) is 49.9 Å². The maximum atomic E-state index is 4.65. The summed E-state index contributed by atoms with van der Waals surface area (Å²) >= 11 is 0. The van der Waals surface area contributed by atoms with Crippen LogP contribution in [0, 0.1) is 5.92 Å². The van der Waals surface area contributed by atoms with Crippen LogP contribution in [-0.4, -0.2) is 29.0 Å². The maximum absolute atomic E-state index is 4.65. The van der Waals surface area contributed by atoms with E-state index in [-0.39, 0.29) is 0 Å². The first-order valence-corrected chi connectivity index (χ1v) is 8.23. The summed E-state index contributed by atoms with van der Waals surface area (Å²) in [7, 11) is 0. The summed E-state index contributed by atoms with van der Waals surface area (Å²) in [5.74, 6) is 0.980. The van der Waals surface area contributed by atoms with E-state index in [2.05, 4.69) is 34.3 Å². The van der Waals surface area contributed by atoms with Crippen LogP contribution in [0.4, 0.5) is 0 Å². The molecule has 0 spiro atoms. The molecule has 3 nitrogen and oxygen atoms in total. The largest absolute Gasteiger partial charge is 0.313 e. The third-order valence-corrected chi connectivity index (χ3v) is 4.26. The topological polar surface area (TPSA) is 28.2 Å². The molecule has 110 valence electrons. The number of aromatic nitrogens is 1. The van der Waals surface area contributed by atoms with Crippen LogP contribution >= 0.6 is 0 Å². The van der Waals surface area contributed by atoms with E-state index in [0.29, 0.717) is 0 Å². The van der Waals surface area contributed by atoms with E-state index in [4.69, 9.17) is 0 Å². The smallest absolute Gasteiger partial charge is 0.0544 e. The molecule has 1 aromatic rings. The zero-order valence-electron chi connectivity index (χ0n) is 12.6. The van der Waals surface area contributed by atoms with Crippen LogP contribution in [0.15, 0.2) is 18.3 Å². The fraction of sp³-hybridized carbons (Fsp3) is 0.706. The molecule has 1 heterocycles. The van der Waals surface area contributed by atoms with Crippen molar-refractivity contribution in [1.82, 2.24) is 15.2 Å².